The number of benzene rings is 10. The van der Waals surface area contributed by atoms with Gasteiger partial charge in [0.25, 0.3) is 0 Å². The normalized spacial score (nSPS) is 12.4. The van der Waals surface area contributed by atoms with Gasteiger partial charge in [0.2, 0.25) is 0 Å². The van der Waals surface area contributed by atoms with E-state index in [1.807, 2.05) is 0 Å². The largest absolute Gasteiger partial charge is 0.0622 e. The fourth-order valence-electron chi connectivity index (χ4n) is 9.49. The van der Waals surface area contributed by atoms with Gasteiger partial charge in [0.05, 0.1) is 0 Å². The molecule has 0 aliphatic heterocycles. The number of hydrogen-bond donors (Lipinski definition) is 0. The van der Waals surface area contributed by atoms with E-state index in [0.29, 0.717) is 0 Å². The molecule has 0 N–H and O–H groups in total. The Labute approximate surface area is 288 Å². The van der Waals surface area contributed by atoms with Crippen LogP contribution in [0.3, 0.4) is 0 Å². The van der Waals surface area contributed by atoms with Crippen LogP contribution in [0.2, 0.25) is 0 Å². The van der Waals surface area contributed by atoms with Crippen molar-refractivity contribution in [3.63, 3.8) is 0 Å². The Hall–Kier alpha value is -6.50. The third kappa shape index (κ3) is 3.31. The minimum atomic E-state index is 1.25. The van der Waals surface area contributed by atoms with Crippen LogP contribution in [0.25, 0.3) is 119 Å². The van der Waals surface area contributed by atoms with Gasteiger partial charge < -0.3 is 0 Å². The summed E-state index contributed by atoms with van der Waals surface area (Å²) in [6.07, 6.45) is 0. The molecule has 0 spiro atoms. The van der Waals surface area contributed by atoms with E-state index in [4.69, 9.17) is 0 Å². The first-order valence-electron chi connectivity index (χ1n) is 17.5. The molecule has 0 heteroatoms. The first-order valence-corrected chi connectivity index (χ1v) is 17.5. The van der Waals surface area contributed by atoms with Gasteiger partial charge in [-0.25, -0.2) is 0 Å². The fraction of sp³-hybridized carbons (Fsp3) is 0. The van der Waals surface area contributed by atoms with Crippen molar-refractivity contribution in [3.05, 3.63) is 170 Å². The molecule has 12 aromatic rings. The molecule has 228 valence electrons. The third-order valence-electron chi connectivity index (χ3n) is 11.5. The molecule has 0 nitrogen and oxygen atoms in total. The van der Waals surface area contributed by atoms with Crippen LogP contribution in [0.1, 0.15) is 0 Å². The molecule has 0 radical (unpaired) electrons. The van der Waals surface area contributed by atoms with Crippen molar-refractivity contribution < 1.29 is 0 Å². The third-order valence-corrected chi connectivity index (χ3v) is 11.5. The highest BCUT2D eigenvalue weighted by Gasteiger charge is 2.25. The Morgan fingerprint density at radius 2 is 0.600 bits per heavy atom. The average Bonchev–Trinajstić information content (AvgIpc) is 3.67. The van der Waals surface area contributed by atoms with Crippen LogP contribution in [0.15, 0.2) is 170 Å². The lowest BCUT2D eigenvalue weighted by Gasteiger charge is -2.17. The first kappa shape index (κ1) is 26.5. The summed E-state index contributed by atoms with van der Waals surface area (Å²) in [6, 6.07) is 63.7. The van der Waals surface area contributed by atoms with Gasteiger partial charge in [0.1, 0.15) is 0 Å². The molecule has 0 saturated carbocycles. The summed E-state index contributed by atoms with van der Waals surface area (Å²) in [7, 11) is 0. The Balaban J connectivity index is 1.41. The maximum absolute atomic E-state index is 2.53. The highest BCUT2D eigenvalue weighted by atomic mass is 14.3. The van der Waals surface area contributed by atoms with Gasteiger partial charge in [-0.15, -0.1) is 0 Å². The highest BCUT2D eigenvalue weighted by Crippen LogP contribution is 2.54. The topological polar surface area (TPSA) is 0 Å². The van der Waals surface area contributed by atoms with Crippen molar-refractivity contribution in [2.75, 3.05) is 0 Å². The van der Waals surface area contributed by atoms with E-state index in [-0.39, 0.29) is 0 Å². The zero-order chi connectivity index (χ0) is 32.5. The highest BCUT2D eigenvalue weighted by molar-refractivity contribution is 6.44. The van der Waals surface area contributed by atoms with Crippen LogP contribution in [-0.4, -0.2) is 0 Å². The first-order chi connectivity index (χ1) is 24.8. The molecule has 0 aromatic heterocycles. The molecule has 0 amide bonds. The van der Waals surface area contributed by atoms with E-state index in [1.54, 1.807) is 0 Å². The number of fused-ring (bicyclic) bond motifs is 11. The van der Waals surface area contributed by atoms with Crippen LogP contribution < -0.4 is 0 Å². The summed E-state index contributed by atoms with van der Waals surface area (Å²) in [5.41, 5.74) is 5.14. The van der Waals surface area contributed by atoms with Gasteiger partial charge in [-0.05, 0) is 143 Å². The summed E-state index contributed by atoms with van der Waals surface area (Å²) < 4.78 is 0. The van der Waals surface area contributed by atoms with Crippen LogP contribution >= 0.6 is 0 Å². The second-order valence-corrected chi connectivity index (χ2v) is 13.9. The van der Waals surface area contributed by atoms with Gasteiger partial charge in [-0.2, -0.15) is 0 Å². The zero-order valence-electron chi connectivity index (χ0n) is 27.2. The summed E-state index contributed by atoms with van der Waals surface area (Å²) >= 11 is 0. The summed E-state index contributed by atoms with van der Waals surface area (Å²) in [5.74, 6) is 0. The quantitative estimate of drug-likeness (QED) is 0.167. The Bertz CT molecular complexity index is 3330. The molecule has 50 heavy (non-hydrogen) atoms. The fourth-order valence-corrected chi connectivity index (χ4v) is 9.49. The second kappa shape index (κ2) is 9.56. The molecule has 0 fully saturated rings. The van der Waals surface area contributed by atoms with Crippen LogP contribution in [0.4, 0.5) is 0 Å². The van der Waals surface area contributed by atoms with Gasteiger partial charge in [0.15, 0.2) is 0 Å². The van der Waals surface area contributed by atoms with Crippen molar-refractivity contribution in [2.45, 2.75) is 0 Å². The Morgan fingerprint density at radius 1 is 0.200 bits per heavy atom. The van der Waals surface area contributed by atoms with E-state index >= 15 is 0 Å². The summed E-state index contributed by atoms with van der Waals surface area (Å²) in [4.78, 5) is 0. The molecule has 0 aliphatic rings. The monoisotopic (exact) mass is 628 g/mol. The van der Waals surface area contributed by atoms with Crippen molar-refractivity contribution in [3.8, 4) is 22.3 Å². The summed E-state index contributed by atoms with van der Waals surface area (Å²) in [6.45, 7) is 0. The zero-order valence-corrected chi connectivity index (χ0v) is 27.2. The smallest absolute Gasteiger partial charge is 0.000719 e. The summed E-state index contributed by atoms with van der Waals surface area (Å²) in [5, 5.41) is 23.8. The van der Waals surface area contributed by atoms with Crippen LogP contribution in [-0.2, 0) is 0 Å². The van der Waals surface area contributed by atoms with Gasteiger partial charge >= 0.3 is 0 Å². The predicted molar refractivity (Wildman–Crippen MR) is 217 cm³/mol. The maximum Gasteiger partial charge on any atom is -0.000719 e. The molecule has 0 saturated heterocycles. The molecule has 0 bridgehead atoms. The van der Waals surface area contributed by atoms with Crippen LogP contribution in [0, 0.1) is 0 Å². The molecule has 12 rings (SSSR count). The van der Waals surface area contributed by atoms with Gasteiger partial charge in [0, 0.05) is 0 Å². The lowest BCUT2D eigenvalue weighted by Crippen LogP contribution is -1.89. The minimum absolute atomic E-state index is 1.25. The van der Waals surface area contributed by atoms with Crippen molar-refractivity contribution in [1.82, 2.24) is 0 Å². The Morgan fingerprint density at radius 3 is 1.18 bits per heavy atom. The van der Waals surface area contributed by atoms with E-state index < -0.39 is 0 Å². The van der Waals surface area contributed by atoms with E-state index in [2.05, 4.69) is 170 Å². The standard InChI is InChI=1S/C50H28/c1-3-13-29(14-4-1)45-42-27-39-37-23-11-21-35-33-19-9-7-17-31(33)25-41(47(35)37)40(39)28-43(42)46(30-15-5-2-6-16-30)50-44-26-32-18-8-10-20-34(32)36-22-12-24-38(48(36)44)49(45)50/h1-28H. The lowest BCUT2D eigenvalue weighted by atomic mass is 9.85. The van der Waals surface area contributed by atoms with E-state index in [9.17, 15) is 0 Å². The van der Waals surface area contributed by atoms with Gasteiger partial charge in [-0.3, -0.25) is 0 Å². The number of hydrogen-bond acceptors (Lipinski definition) is 0. The molecule has 12 aromatic carbocycles. The molecule has 0 atom stereocenters. The second-order valence-electron chi connectivity index (χ2n) is 13.9. The molecular weight excluding hydrogens is 601 g/mol. The van der Waals surface area contributed by atoms with E-state index in [0.717, 1.165) is 0 Å². The number of rotatable bonds is 2. The predicted octanol–water partition coefficient (Wildman–Crippen LogP) is 14.3. The molecule has 0 aliphatic carbocycles. The van der Waals surface area contributed by atoms with Crippen molar-refractivity contribution in [2.24, 2.45) is 0 Å². The van der Waals surface area contributed by atoms with Crippen LogP contribution in [0.5, 0.6) is 0 Å². The van der Waals surface area contributed by atoms with E-state index in [1.165, 1.54) is 119 Å². The van der Waals surface area contributed by atoms with Gasteiger partial charge in [-0.1, -0.05) is 146 Å². The van der Waals surface area contributed by atoms with Crippen molar-refractivity contribution >= 4 is 97.0 Å². The SMILES string of the molecule is c1ccc(-c2c3cc4c(cc3c(-c3ccccc3)c3c5cc6ccccc6c6cccc(c23)c65)c2cc3ccccc3c3cccc4c32)cc1. The maximum atomic E-state index is 2.53. The Kier molecular flexibility index (Phi) is 5.06. The average molecular weight is 629 g/mol. The van der Waals surface area contributed by atoms with Crippen molar-refractivity contribution in [1.29, 1.82) is 0 Å². The lowest BCUT2D eigenvalue weighted by molar-refractivity contribution is 1.68. The molecule has 0 unspecified atom stereocenters. The molecule has 0 heterocycles. The minimum Gasteiger partial charge on any atom is -0.0622 e. The molecular formula is C50H28.